The summed E-state index contributed by atoms with van der Waals surface area (Å²) in [5.41, 5.74) is 1.14. The van der Waals surface area contributed by atoms with Crippen LogP contribution in [0.15, 0.2) is 22.7 Å². The predicted molar refractivity (Wildman–Crippen MR) is 84.4 cm³/mol. The number of methoxy groups -OCH3 is 1. The molecule has 0 fully saturated rings. The van der Waals surface area contributed by atoms with E-state index in [9.17, 15) is 0 Å². The van der Waals surface area contributed by atoms with Crippen molar-refractivity contribution in [1.29, 1.82) is 0 Å². The van der Waals surface area contributed by atoms with Crippen LogP contribution in [0.1, 0.15) is 24.9 Å². The summed E-state index contributed by atoms with van der Waals surface area (Å²) < 4.78 is 17.3. The van der Waals surface area contributed by atoms with E-state index >= 15 is 0 Å². The van der Waals surface area contributed by atoms with Crippen LogP contribution in [0.5, 0.6) is 5.75 Å². The van der Waals surface area contributed by atoms with Gasteiger partial charge in [-0.25, -0.2) is 0 Å². The van der Waals surface area contributed by atoms with Gasteiger partial charge in [0.25, 0.3) is 0 Å². The van der Waals surface area contributed by atoms with Gasteiger partial charge in [-0.2, -0.15) is 0 Å². The number of hydrogen-bond donors (Lipinski definition) is 1. The predicted octanol–water partition coefficient (Wildman–Crippen LogP) is 3.16. The van der Waals surface area contributed by atoms with Crippen molar-refractivity contribution < 1.29 is 14.2 Å². The average Bonchev–Trinajstić information content (AvgIpc) is 2.46. The van der Waals surface area contributed by atoms with Crippen LogP contribution in [0, 0.1) is 0 Å². The van der Waals surface area contributed by atoms with Gasteiger partial charge < -0.3 is 19.5 Å². The first kappa shape index (κ1) is 17.4. The summed E-state index contributed by atoms with van der Waals surface area (Å²) in [5.74, 6) is 0.899. The number of nitrogens with one attached hydrogen (secondary N) is 1. The molecule has 0 bridgehead atoms. The lowest BCUT2D eigenvalue weighted by Gasteiger charge is -2.17. The maximum absolute atomic E-state index is 5.80. The zero-order chi connectivity index (χ0) is 14.8. The number of hydrogen-bond acceptors (Lipinski definition) is 4. The maximum Gasteiger partial charge on any atom is 0.124 e. The SMILES string of the molecule is CNC(C)c1cc(Br)ccc1OCCOCCCOC. The van der Waals surface area contributed by atoms with E-state index in [1.807, 2.05) is 19.2 Å². The van der Waals surface area contributed by atoms with Crippen molar-refractivity contribution in [2.45, 2.75) is 19.4 Å². The topological polar surface area (TPSA) is 39.7 Å². The largest absolute Gasteiger partial charge is 0.491 e. The van der Waals surface area contributed by atoms with Gasteiger partial charge in [0.15, 0.2) is 0 Å². The van der Waals surface area contributed by atoms with Crippen LogP contribution in [0.2, 0.25) is 0 Å². The van der Waals surface area contributed by atoms with Gasteiger partial charge in [0, 0.05) is 36.4 Å². The molecule has 1 aromatic carbocycles. The number of benzene rings is 1. The van der Waals surface area contributed by atoms with E-state index in [1.165, 1.54) is 0 Å². The zero-order valence-corrected chi connectivity index (χ0v) is 14.0. The van der Waals surface area contributed by atoms with Gasteiger partial charge in [0.05, 0.1) is 6.61 Å². The summed E-state index contributed by atoms with van der Waals surface area (Å²) in [7, 11) is 3.63. The summed E-state index contributed by atoms with van der Waals surface area (Å²) >= 11 is 3.49. The molecule has 0 spiro atoms. The van der Waals surface area contributed by atoms with Crippen molar-refractivity contribution in [2.24, 2.45) is 0 Å². The van der Waals surface area contributed by atoms with Gasteiger partial charge in [-0.05, 0) is 38.6 Å². The highest BCUT2D eigenvalue weighted by molar-refractivity contribution is 9.10. The lowest BCUT2D eigenvalue weighted by molar-refractivity contribution is 0.0803. The quantitative estimate of drug-likeness (QED) is 0.661. The average molecular weight is 346 g/mol. The summed E-state index contributed by atoms with van der Waals surface area (Å²) in [6.45, 7) is 4.69. The van der Waals surface area contributed by atoms with Crippen LogP contribution in [-0.2, 0) is 9.47 Å². The van der Waals surface area contributed by atoms with Crippen LogP contribution in [0.4, 0.5) is 0 Å². The standard InChI is InChI=1S/C15H24BrNO3/c1-12(17-2)14-11-13(16)5-6-15(14)20-10-9-19-8-4-7-18-3/h5-6,11-12,17H,4,7-10H2,1-3H3. The monoisotopic (exact) mass is 345 g/mol. The maximum atomic E-state index is 5.80. The minimum atomic E-state index is 0.241. The van der Waals surface area contributed by atoms with Gasteiger partial charge in [0.1, 0.15) is 12.4 Å². The second kappa shape index (κ2) is 10.2. The Morgan fingerprint density at radius 3 is 2.70 bits per heavy atom. The van der Waals surface area contributed by atoms with Gasteiger partial charge in [-0.3, -0.25) is 0 Å². The van der Waals surface area contributed by atoms with Crippen LogP contribution >= 0.6 is 15.9 Å². The molecule has 4 nitrogen and oxygen atoms in total. The first-order valence-corrected chi connectivity index (χ1v) is 7.64. The molecule has 20 heavy (non-hydrogen) atoms. The van der Waals surface area contributed by atoms with Crippen LogP contribution in [-0.4, -0.2) is 40.6 Å². The Hall–Kier alpha value is -0.620. The first-order chi connectivity index (χ1) is 9.69. The Kier molecular flexibility index (Phi) is 8.85. The van der Waals surface area contributed by atoms with E-state index in [0.717, 1.165) is 28.8 Å². The molecule has 1 rings (SSSR count). The number of halogens is 1. The molecule has 114 valence electrons. The van der Waals surface area contributed by atoms with E-state index in [0.29, 0.717) is 19.8 Å². The molecule has 5 heteroatoms. The molecule has 0 saturated carbocycles. The minimum Gasteiger partial charge on any atom is -0.491 e. The third-order valence-corrected chi connectivity index (χ3v) is 3.49. The Morgan fingerprint density at radius 1 is 1.20 bits per heavy atom. The lowest BCUT2D eigenvalue weighted by Crippen LogP contribution is -2.15. The second-order valence-corrected chi connectivity index (χ2v) is 5.42. The molecule has 0 aromatic heterocycles. The van der Waals surface area contributed by atoms with Gasteiger partial charge in [0.2, 0.25) is 0 Å². The molecular formula is C15H24BrNO3. The van der Waals surface area contributed by atoms with Crippen molar-refractivity contribution in [2.75, 3.05) is 40.6 Å². The smallest absolute Gasteiger partial charge is 0.124 e. The highest BCUT2D eigenvalue weighted by Gasteiger charge is 2.10. The first-order valence-electron chi connectivity index (χ1n) is 6.85. The zero-order valence-electron chi connectivity index (χ0n) is 12.4. The molecule has 1 aromatic rings. The molecule has 0 saturated heterocycles. The summed E-state index contributed by atoms with van der Waals surface area (Å²) in [6.07, 6.45) is 0.914. The molecule has 0 aliphatic heterocycles. The van der Waals surface area contributed by atoms with E-state index in [1.54, 1.807) is 7.11 Å². The van der Waals surface area contributed by atoms with Crippen molar-refractivity contribution in [3.05, 3.63) is 28.2 Å². The van der Waals surface area contributed by atoms with Crippen molar-refractivity contribution in [3.63, 3.8) is 0 Å². The van der Waals surface area contributed by atoms with Crippen molar-refractivity contribution in [1.82, 2.24) is 5.32 Å². The Morgan fingerprint density at radius 2 is 2.00 bits per heavy atom. The number of ether oxygens (including phenoxy) is 3. The van der Waals surface area contributed by atoms with Crippen LogP contribution in [0.25, 0.3) is 0 Å². The molecule has 1 N–H and O–H groups in total. The highest BCUT2D eigenvalue weighted by atomic mass is 79.9. The molecular weight excluding hydrogens is 322 g/mol. The third-order valence-electron chi connectivity index (χ3n) is 2.99. The van der Waals surface area contributed by atoms with Gasteiger partial charge in [-0.15, -0.1) is 0 Å². The summed E-state index contributed by atoms with van der Waals surface area (Å²) in [6, 6.07) is 6.29. The van der Waals surface area contributed by atoms with Crippen LogP contribution < -0.4 is 10.1 Å². The number of rotatable bonds is 10. The Labute approximate surface area is 129 Å². The van der Waals surface area contributed by atoms with Crippen molar-refractivity contribution >= 4 is 15.9 Å². The second-order valence-electron chi connectivity index (χ2n) is 4.50. The molecule has 0 radical (unpaired) electrons. The fourth-order valence-electron chi connectivity index (χ4n) is 1.76. The highest BCUT2D eigenvalue weighted by Crippen LogP contribution is 2.28. The normalized spacial score (nSPS) is 12.4. The van der Waals surface area contributed by atoms with E-state index in [4.69, 9.17) is 14.2 Å². The molecule has 0 aliphatic carbocycles. The third kappa shape index (κ3) is 6.22. The van der Waals surface area contributed by atoms with E-state index in [2.05, 4.69) is 34.2 Å². The molecule has 0 heterocycles. The summed E-state index contributed by atoms with van der Waals surface area (Å²) in [4.78, 5) is 0. The fraction of sp³-hybridized carbons (Fsp3) is 0.600. The fourth-order valence-corrected chi connectivity index (χ4v) is 2.14. The van der Waals surface area contributed by atoms with Crippen LogP contribution in [0.3, 0.4) is 0 Å². The van der Waals surface area contributed by atoms with Gasteiger partial charge >= 0.3 is 0 Å². The van der Waals surface area contributed by atoms with E-state index in [-0.39, 0.29) is 6.04 Å². The van der Waals surface area contributed by atoms with E-state index < -0.39 is 0 Å². The summed E-state index contributed by atoms with van der Waals surface area (Å²) in [5, 5.41) is 3.23. The van der Waals surface area contributed by atoms with Gasteiger partial charge in [-0.1, -0.05) is 15.9 Å². The molecule has 1 unspecified atom stereocenters. The molecule has 1 atom stereocenters. The lowest BCUT2D eigenvalue weighted by atomic mass is 10.1. The Balaban J connectivity index is 2.39. The minimum absolute atomic E-state index is 0.241. The molecule has 0 amide bonds. The Bertz CT molecular complexity index is 387. The van der Waals surface area contributed by atoms with Crippen molar-refractivity contribution in [3.8, 4) is 5.75 Å². The molecule has 0 aliphatic rings.